The Bertz CT molecular complexity index is 734. The Morgan fingerprint density at radius 3 is 1.91 bits per heavy atom. The summed E-state index contributed by atoms with van der Waals surface area (Å²) in [4.78, 5) is 70.7. The second kappa shape index (κ2) is 15.0. The highest BCUT2D eigenvalue weighted by atomic mass is 32.2. The molecule has 0 saturated carbocycles. The fourth-order valence-corrected chi connectivity index (χ4v) is 2.98. The van der Waals surface area contributed by atoms with E-state index in [0.717, 1.165) is 6.92 Å². The molecule has 0 spiro atoms. The lowest BCUT2D eigenvalue weighted by Crippen LogP contribution is -2.58. The molecule has 0 aromatic rings. The van der Waals surface area contributed by atoms with Gasteiger partial charge in [0, 0.05) is 6.42 Å². The molecule has 0 aliphatic carbocycles. The normalized spacial score (nSPS) is 15.3. The minimum atomic E-state index is -1.64. The number of hydrogen-bond acceptors (Lipinski definition) is 9. The fraction of sp³-hybridized carbons (Fsp3) is 0.667. The highest BCUT2D eigenvalue weighted by Crippen LogP contribution is 2.05. The van der Waals surface area contributed by atoms with Gasteiger partial charge >= 0.3 is 11.9 Å². The van der Waals surface area contributed by atoms with Gasteiger partial charge in [-0.25, -0.2) is 4.79 Å². The van der Waals surface area contributed by atoms with Gasteiger partial charge in [-0.3, -0.25) is 24.0 Å². The first-order valence-electron chi connectivity index (χ1n) is 9.86. The van der Waals surface area contributed by atoms with E-state index < -0.39 is 72.3 Å². The first-order chi connectivity index (χ1) is 15.3. The predicted molar refractivity (Wildman–Crippen MR) is 117 cm³/mol. The summed E-state index contributed by atoms with van der Waals surface area (Å²) >= 11 is 1.33. The number of carboxylic acids is 2. The molecule has 0 aliphatic heterocycles. The second-order valence-corrected chi connectivity index (χ2v) is 8.16. The monoisotopic (exact) mass is 493 g/mol. The number of rotatable bonds is 16. The Balaban J connectivity index is 5.44. The molecule has 0 aromatic carbocycles. The van der Waals surface area contributed by atoms with Crippen LogP contribution in [0.1, 0.15) is 32.6 Å². The van der Waals surface area contributed by atoms with E-state index in [1.54, 1.807) is 6.26 Å². The fourth-order valence-electron chi connectivity index (χ4n) is 2.51. The van der Waals surface area contributed by atoms with Crippen molar-refractivity contribution in [1.82, 2.24) is 16.0 Å². The Morgan fingerprint density at radius 1 is 0.909 bits per heavy atom. The van der Waals surface area contributed by atoms with Crippen LogP contribution in [0.3, 0.4) is 0 Å². The minimum absolute atomic E-state index is 0.0523. The van der Waals surface area contributed by atoms with E-state index in [-0.39, 0.29) is 19.3 Å². The van der Waals surface area contributed by atoms with Crippen LogP contribution in [0.25, 0.3) is 0 Å². The largest absolute Gasteiger partial charge is 0.481 e. The third kappa shape index (κ3) is 12.1. The summed E-state index contributed by atoms with van der Waals surface area (Å²) in [5.41, 5.74) is 10.6. The highest BCUT2D eigenvalue weighted by Gasteiger charge is 2.32. The number of carbonyl (C=O) groups excluding carboxylic acids is 4. The number of nitrogens with one attached hydrogen (secondary N) is 3. The molecule has 188 valence electrons. The van der Waals surface area contributed by atoms with E-state index in [4.69, 9.17) is 21.7 Å². The third-order valence-electron chi connectivity index (χ3n) is 4.34. The van der Waals surface area contributed by atoms with Crippen LogP contribution in [-0.4, -0.2) is 93.2 Å². The first kappa shape index (κ1) is 30.1. The summed E-state index contributed by atoms with van der Waals surface area (Å²) in [6.07, 6.45) is -0.802. The summed E-state index contributed by atoms with van der Waals surface area (Å²) < 4.78 is 0. The average molecular weight is 494 g/mol. The lowest BCUT2D eigenvalue weighted by molar-refractivity contribution is -0.145. The summed E-state index contributed by atoms with van der Waals surface area (Å²) in [6.45, 7) is 1.16. The molecule has 5 atom stereocenters. The number of aliphatic carboxylic acids is 2. The van der Waals surface area contributed by atoms with Gasteiger partial charge in [0.2, 0.25) is 23.6 Å². The predicted octanol–water partition coefficient (Wildman–Crippen LogP) is -3.27. The second-order valence-electron chi connectivity index (χ2n) is 7.18. The van der Waals surface area contributed by atoms with Crippen LogP contribution in [0.4, 0.5) is 0 Å². The molecular weight excluding hydrogens is 462 g/mol. The van der Waals surface area contributed by atoms with Crippen molar-refractivity contribution in [3.63, 3.8) is 0 Å². The summed E-state index contributed by atoms with van der Waals surface area (Å²) in [7, 11) is 0. The van der Waals surface area contributed by atoms with Gasteiger partial charge in [-0.1, -0.05) is 0 Å². The van der Waals surface area contributed by atoms with Crippen LogP contribution in [-0.2, 0) is 28.8 Å². The Kier molecular flexibility index (Phi) is 13.7. The van der Waals surface area contributed by atoms with Crippen LogP contribution < -0.4 is 27.4 Å². The summed E-state index contributed by atoms with van der Waals surface area (Å²) in [6, 6.07) is -5.75. The molecule has 15 heteroatoms. The van der Waals surface area contributed by atoms with Gasteiger partial charge in [-0.05, 0) is 31.8 Å². The third-order valence-corrected chi connectivity index (χ3v) is 4.98. The van der Waals surface area contributed by atoms with Gasteiger partial charge in [0.1, 0.15) is 12.1 Å². The van der Waals surface area contributed by atoms with Crippen LogP contribution in [0.2, 0.25) is 0 Å². The van der Waals surface area contributed by atoms with E-state index in [2.05, 4.69) is 16.0 Å². The zero-order valence-electron chi connectivity index (χ0n) is 18.3. The Morgan fingerprint density at radius 2 is 1.45 bits per heavy atom. The van der Waals surface area contributed by atoms with Gasteiger partial charge in [-0.2, -0.15) is 11.8 Å². The molecule has 0 aliphatic rings. The topological polar surface area (TPSA) is 251 Å². The first-order valence-corrected chi connectivity index (χ1v) is 11.3. The Hall–Kier alpha value is -2.91. The van der Waals surface area contributed by atoms with E-state index >= 15 is 0 Å². The highest BCUT2D eigenvalue weighted by molar-refractivity contribution is 7.98. The van der Waals surface area contributed by atoms with Crippen molar-refractivity contribution in [2.45, 2.75) is 62.9 Å². The molecule has 0 aromatic heterocycles. The van der Waals surface area contributed by atoms with E-state index in [0.29, 0.717) is 5.75 Å². The van der Waals surface area contributed by atoms with Crippen LogP contribution >= 0.6 is 11.8 Å². The van der Waals surface area contributed by atoms with E-state index in [9.17, 15) is 33.9 Å². The molecule has 33 heavy (non-hydrogen) atoms. The molecule has 10 N–H and O–H groups in total. The van der Waals surface area contributed by atoms with Crippen molar-refractivity contribution < 1.29 is 44.1 Å². The SMILES string of the molecule is CSCCC(NC(=O)C(CC(=O)O)NC(=O)C(N)CCC(N)=O)C(=O)NC(C(=O)O)C(C)O. The van der Waals surface area contributed by atoms with Crippen LogP contribution in [0.5, 0.6) is 0 Å². The number of thioether (sulfide) groups is 1. The Labute approximate surface area is 194 Å². The van der Waals surface area contributed by atoms with Crippen molar-refractivity contribution in [3.05, 3.63) is 0 Å². The molecule has 4 amide bonds. The number of nitrogens with two attached hydrogens (primary N) is 2. The number of aliphatic hydroxyl groups excluding tert-OH is 1. The maximum absolute atomic E-state index is 12.7. The minimum Gasteiger partial charge on any atom is -0.481 e. The quantitative estimate of drug-likeness (QED) is 0.106. The van der Waals surface area contributed by atoms with E-state index in [1.807, 2.05) is 0 Å². The standard InChI is InChI=1S/C18H31N5O9S/c1-8(24)14(18(31)32)23-16(29)10(5-6-33-2)21-17(30)11(7-13(26)27)22-15(28)9(19)3-4-12(20)25/h8-11,14,24H,3-7,19H2,1-2H3,(H2,20,25)(H,21,30)(H,22,28)(H,23,29)(H,26,27)(H,31,32). The van der Waals surface area contributed by atoms with Crippen molar-refractivity contribution in [1.29, 1.82) is 0 Å². The van der Waals surface area contributed by atoms with Crippen LogP contribution in [0, 0.1) is 0 Å². The van der Waals surface area contributed by atoms with Gasteiger partial charge in [0.05, 0.1) is 18.6 Å². The lowest BCUT2D eigenvalue weighted by atomic mass is 10.1. The van der Waals surface area contributed by atoms with Gasteiger partial charge < -0.3 is 42.7 Å². The molecule has 0 rings (SSSR count). The maximum Gasteiger partial charge on any atom is 0.328 e. The molecular formula is C18H31N5O9S. The van der Waals surface area contributed by atoms with E-state index in [1.165, 1.54) is 11.8 Å². The molecule has 0 heterocycles. The van der Waals surface area contributed by atoms with Gasteiger partial charge in [0.25, 0.3) is 0 Å². The molecule has 0 fully saturated rings. The number of primary amides is 1. The van der Waals surface area contributed by atoms with Crippen molar-refractivity contribution in [2.75, 3.05) is 12.0 Å². The maximum atomic E-state index is 12.7. The molecule has 0 bridgehead atoms. The zero-order valence-corrected chi connectivity index (χ0v) is 19.1. The van der Waals surface area contributed by atoms with Gasteiger partial charge in [0.15, 0.2) is 6.04 Å². The number of carboxylic acid groups (broad SMARTS) is 2. The van der Waals surface area contributed by atoms with Gasteiger partial charge in [-0.15, -0.1) is 0 Å². The molecule has 0 saturated heterocycles. The lowest BCUT2D eigenvalue weighted by Gasteiger charge is -2.25. The number of aliphatic hydroxyl groups is 1. The van der Waals surface area contributed by atoms with Crippen molar-refractivity contribution in [3.8, 4) is 0 Å². The van der Waals surface area contributed by atoms with Crippen molar-refractivity contribution in [2.24, 2.45) is 11.5 Å². The molecule has 0 radical (unpaired) electrons. The number of carbonyl (C=O) groups is 6. The summed E-state index contributed by atoms with van der Waals surface area (Å²) in [5, 5.41) is 34.4. The molecule has 5 unspecified atom stereocenters. The number of hydrogen-bond donors (Lipinski definition) is 8. The smallest absolute Gasteiger partial charge is 0.328 e. The molecule has 14 nitrogen and oxygen atoms in total. The zero-order chi connectivity index (χ0) is 25.7. The van der Waals surface area contributed by atoms with Crippen LogP contribution in [0.15, 0.2) is 0 Å². The average Bonchev–Trinajstić information content (AvgIpc) is 2.71. The van der Waals surface area contributed by atoms with Crippen molar-refractivity contribution >= 4 is 47.3 Å². The summed E-state index contributed by atoms with van der Waals surface area (Å²) in [5.74, 6) is -6.07. The number of amides is 4.